The molecule has 42 heavy (non-hydrogen) atoms. The number of nitrogens with zero attached hydrogens (tertiary/aromatic N) is 1. The summed E-state index contributed by atoms with van der Waals surface area (Å²) in [6.07, 6.45) is 14.6. The lowest BCUT2D eigenvalue weighted by molar-refractivity contribution is -0.130. The van der Waals surface area contributed by atoms with Crippen molar-refractivity contribution in [3.63, 3.8) is 0 Å². The van der Waals surface area contributed by atoms with Crippen LogP contribution in [0.15, 0.2) is 30.9 Å². The van der Waals surface area contributed by atoms with Crippen LogP contribution >= 0.6 is 0 Å². The molecule has 236 valence electrons. The molecule has 0 bridgehead atoms. The highest BCUT2D eigenvalue weighted by atomic mass is 28.4. The highest BCUT2D eigenvalue weighted by Gasteiger charge is 2.64. The van der Waals surface area contributed by atoms with Crippen LogP contribution in [-0.2, 0) is 15.6 Å². The number of amides is 1. The molecule has 3 aliphatic carbocycles. The van der Waals surface area contributed by atoms with Gasteiger partial charge in [0.2, 0.25) is 5.91 Å². The Morgan fingerprint density at radius 3 is 2.57 bits per heavy atom. The molecule has 1 aromatic carbocycles. The number of aryl methyl sites for hydroxylation is 1. The highest BCUT2D eigenvalue weighted by Crippen LogP contribution is 2.70. The van der Waals surface area contributed by atoms with Gasteiger partial charge in [0.05, 0.1) is 13.2 Å². The lowest BCUT2D eigenvalue weighted by atomic mass is 9.44. The fourth-order valence-electron chi connectivity index (χ4n) is 8.91. The van der Waals surface area contributed by atoms with Gasteiger partial charge in [-0.15, -0.1) is 6.58 Å². The summed E-state index contributed by atoms with van der Waals surface area (Å²) in [7, 11) is 1.83. The van der Waals surface area contributed by atoms with Gasteiger partial charge in [0.25, 0.3) is 0 Å². The van der Waals surface area contributed by atoms with Crippen molar-refractivity contribution in [2.75, 3.05) is 20.7 Å². The second kappa shape index (κ2) is 12.8. The summed E-state index contributed by atoms with van der Waals surface area (Å²) in [5.41, 5.74) is 3.22. The monoisotopic (exact) mass is 595 g/mol. The summed E-state index contributed by atoms with van der Waals surface area (Å²) in [4.78, 5) is 14.7. The summed E-state index contributed by atoms with van der Waals surface area (Å²) < 4.78 is 13.0. The zero-order chi connectivity index (χ0) is 30.9. The second-order valence-electron chi connectivity index (χ2n) is 15.7. The molecule has 0 N–H and O–H groups in total. The lowest BCUT2D eigenvalue weighted by Gasteiger charge is -2.61. The molecular weight excluding hydrogens is 534 g/mol. The Hall–Kier alpha value is -1.59. The molecule has 1 aromatic rings. The zero-order valence-electron chi connectivity index (χ0n) is 28.5. The van der Waals surface area contributed by atoms with Crippen LogP contribution in [0, 0.1) is 22.7 Å². The lowest BCUT2D eigenvalue weighted by Crippen LogP contribution is -2.56. The molecule has 3 unspecified atom stereocenters. The maximum atomic E-state index is 12.8. The molecule has 3 aliphatic rings. The maximum Gasteiger partial charge on any atom is 0.222 e. The first-order chi connectivity index (χ1) is 19.7. The number of carbonyl (C=O) groups excluding carboxylic acids is 1. The van der Waals surface area contributed by atoms with Gasteiger partial charge in [-0.1, -0.05) is 59.6 Å². The normalized spacial score (nSPS) is 30.7. The van der Waals surface area contributed by atoms with E-state index in [0.29, 0.717) is 36.2 Å². The minimum atomic E-state index is -1.91. The quantitative estimate of drug-likeness (QED) is 0.137. The van der Waals surface area contributed by atoms with Crippen LogP contribution in [0.25, 0.3) is 0 Å². The van der Waals surface area contributed by atoms with Crippen molar-refractivity contribution in [2.24, 2.45) is 22.7 Å². The zero-order valence-corrected chi connectivity index (χ0v) is 29.5. The van der Waals surface area contributed by atoms with Crippen molar-refractivity contribution in [3.05, 3.63) is 42.0 Å². The Labute approximate surface area is 259 Å². The van der Waals surface area contributed by atoms with Gasteiger partial charge >= 0.3 is 0 Å². The van der Waals surface area contributed by atoms with E-state index in [1.54, 1.807) is 7.11 Å². The third kappa shape index (κ3) is 6.16. The number of methoxy groups -OCH3 is 1. The molecule has 2 fully saturated rings. The van der Waals surface area contributed by atoms with E-state index in [1.165, 1.54) is 24.0 Å². The third-order valence-electron chi connectivity index (χ3n) is 12.3. The van der Waals surface area contributed by atoms with Gasteiger partial charge in [-0.05, 0) is 121 Å². The van der Waals surface area contributed by atoms with Gasteiger partial charge < -0.3 is 14.1 Å². The SMILES string of the molecule is C=CC12CCc3cc(OC)ccc3C1[C@@H](CCCCC(=O)N(C)CCCC)C[C@@]1(C)C2CC[C@@H]1O[Si](C)(C)C(C)(C)C. The van der Waals surface area contributed by atoms with E-state index in [4.69, 9.17) is 9.16 Å². The molecular formula is C37H61NO3Si. The van der Waals surface area contributed by atoms with E-state index in [1.807, 2.05) is 11.9 Å². The minimum absolute atomic E-state index is 0.0843. The Bertz CT molecular complexity index is 1110. The average molecular weight is 596 g/mol. The molecule has 4 nitrogen and oxygen atoms in total. The van der Waals surface area contributed by atoms with Gasteiger partial charge in [0, 0.05) is 20.0 Å². The van der Waals surface area contributed by atoms with Gasteiger partial charge in [-0.3, -0.25) is 4.79 Å². The van der Waals surface area contributed by atoms with Crippen molar-refractivity contribution in [1.29, 1.82) is 0 Å². The summed E-state index contributed by atoms with van der Waals surface area (Å²) in [5, 5.41) is 0.202. The molecule has 1 amide bonds. The molecule has 0 aromatic heterocycles. The summed E-state index contributed by atoms with van der Waals surface area (Å²) in [6, 6.07) is 6.83. The number of unbranched alkanes of at least 4 members (excludes halogenated alkanes) is 2. The number of ether oxygens (including phenoxy) is 1. The first kappa shape index (κ1) is 33.3. The maximum absolute atomic E-state index is 12.8. The first-order valence-electron chi connectivity index (χ1n) is 17.0. The van der Waals surface area contributed by atoms with E-state index >= 15 is 0 Å². The largest absolute Gasteiger partial charge is 0.497 e. The summed E-state index contributed by atoms with van der Waals surface area (Å²) >= 11 is 0. The van der Waals surface area contributed by atoms with E-state index in [2.05, 4.69) is 78.6 Å². The molecule has 0 spiro atoms. The number of allylic oxidation sites excluding steroid dienone is 1. The van der Waals surface area contributed by atoms with E-state index in [0.717, 1.165) is 63.7 Å². The fourth-order valence-corrected chi connectivity index (χ4v) is 10.4. The van der Waals surface area contributed by atoms with Crippen LogP contribution in [0.4, 0.5) is 0 Å². The van der Waals surface area contributed by atoms with Gasteiger partial charge in [0.1, 0.15) is 5.75 Å². The predicted octanol–water partition coefficient (Wildman–Crippen LogP) is 9.54. The standard InChI is InChI=1S/C37H61NO3Si/c1-11-13-24-38(7)33(39)17-15-14-16-28-26-36(6)31(20-21-32(36)41-42(9,10)35(3,4)5)37(12-2)23-22-27-25-29(40-8)18-19-30(27)34(28)37/h12,18-19,25,28,31-32,34H,2,11,13-17,20-24,26H2,1,3-10H3/t28-,31?,32-,34?,36-,37?/m0/s1. The van der Waals surface area contributed by atoms with Crippen LogP contribution in [0.2, 0.25) is 18.1 Å². The van der Waals surface area contributed by atoms with E-state index in [9.17, 15) is 4.79 Å². The first-order valence-corrected chi connectivity index (χ1v) is 19.9. The van der Waals surface area contributed by atoms with Gasteiger partial charge in [-0.2, -0.15) is 0 Å². The van der Waals surface area contributed by atoms with E-state index < -0.39 is 8.32 Å². The predicted molar refractivity (Wildman–Crippen MR) is 179 cm³/mol. The molecule has 0 aliphatic heterocycles. The van der Waals surface area contributed by atoms with Gasteiger partial charge in [-0.25, -0.2) is 0 Å². The van der Waals surface area contributed by atoms with Crippen molar-refractivity contribution in [2.45, 2.75) is 135 Å². The molecule has 0 saturated heterocycles. The molecule has 0 heterocycles. The number of benzene rings is 1. The molecule has 5 heteroatoms. The smallest absolute Gasteiger partial charge is 0.222 e. The van der Waals surface area contributed by atoms with Crippen LogP contribution < -0.4 is 4.74 Å². The van der Waals surface area contributed by atoms with Crippen molar-refractivity contribution >= 4 is 14.2 Å². The molecule has 0 radical (unpaired) electrons. The number of hydrogen-bond acceptors (Lipinski definition) is 3. The average Bonchev–Trinajstić information content (AvgIpc) is 3.27. The van der Waals surface area contributed by atoms with Crippen molar-refractivity contribution in [1.82, 2.24) is 4.90 Å². The third-order valence-corrected chi connectivity index (χ3v) is 16.8. The van der Waals surface area contributed by atoms with Crippen molar-refractivity contribution in [3.8, 4) is 5.75 Å². The Morgan fingerprint density at radius 2 is 1.93 bits per heavy atom. The number of fused-ring (bicyclic) bond motifs is 5. The van der Waals surface area contributed by atoms with Gasteiger partial charge in [0.15, 0.2) is 8.32 Å². The molecule has 6 atom stereocenters. The summed E-state index contributed by atoms with van der Waals surface area (Å²) in [6.45, 7) is 22.2. The van der Waals surface area contributed by atoms with Crippen LogP contribution in [-0.4, -0.2) is 45.9 Å². The fraction of sp³-hybridized carbons (Fsp3) is 0.757. The molecule has 4 rings (SSSR count). The Balaban J connectivity index is 1.63. The number of hydrogen-bond donors (Lipinski definition) is 0. The van der Waals surface area contributed by atoms with Crippen molar-refractivity contribution < 1.29 is 14.0 Å². The second-order valence-corrected chi connectivity index (χ2v) is 20.5. The minimum Gasteiger partial charge on any atom is -0.497 e. The highest BCUT2D eigenvalue weighted by molar-refractivity contribution is 6.74. The van der Waals surface area contributed by atoms with Crippen LogP contribution in [0.5, 0.6) is 5.75 Å². The topological polar surface area (TPSA) is 38.8 Å². The van der Waals surface area contributed by atoms with E-state index in [-0.39, 0.29) is 15.9 Å². The number of carbonyl (C=O) groups is 1. The van der Waals surface area contributed by atoms with Crippen LogP contribution in [0.1, 0.15) is 116 Å². The molecule has 2 saturated carbocycles. The Kier molecular flexibility index (Phi) is 10.1. The Morgan fingerprint density at radius 1 is 1.19 bits per heavy atom. The number of rotatable bonds is 12. The summed E-state index contributed by atoms with van der Waals surface area (Å²) in [5.74, 6) is 2.87. The van der Waals surface area contributed by atoms with Crippen LogP contribution in [0.3, 0.4) is 0 Å².